The van der Waals surface area contributed by atoms with Crippen molar-refractivity contribution in [1.82, 2.24) is 0 Å². The molecule has 0 saturated heterocycles. The maximum absolute atomic E-state index is 12.3. The highest BCUT2D eigenvalue weighted by atomic mass is 32.2. The molecule has 7 heteroatoms. The summed E-state index contributed by atoms with van der Waals surface area (Å²) in [6.07, 6.45) is -4.75. The van der Waals surface area contributed by atoms with Gasteiger partial charge in [0.15, 0.2) is 0 Å². The Labute approximate surface area is 83.3 Å². The lowest BCUT2D eigenvalue weighted by atomic mass is 10.3. The third-order valence-corrected chi connectivity index (χ3v) is 3.31. The minimum atomic E-state index is -4.45. The van der Waals surface area contributed by atoms with Gasteiger partial charge in [-0.2, -0.15) is 13.2 Å². The van der Waals surface area contributed by atoms with Crippen LogP contribution in [0.3, 0.4) is 0 Å². The normalized spacial score (nSPS) is 16.6. The number of methoxy groups -OCH3 is 1. The standard InChI is InChI=1S/C7H14F3NO2S/c1-13-4-5-14(12)6(2-3-11)7(8,9)10/h6H,2-5,11H2,1H3. The maximum Gasteiger partial charge on any atom is 0.403 e. The van der Waals surface area contributed by atoms with Gasteiger partial charge in [0.2, 0.25) is 0 Å². The van der Waals surface area contributed by atoms with Crippen molar-refractivity contribution in [2.75, 3.05) is 26.0 Å². The van der Waals surface area contributed by atoms with E-state index in [4.69, 9.17) is 5.73 Å². The molecule has 0 bridgehead atoms. The van der Waals surface area contributed by atoms with Gasteiger partial charge >= 0.3 is 6.18 Å². The number of rotatable bonds is 6. The van der Waals surface area contributed by atoms with E-state index in [-0.39, 0.29) is 25.3 Å². The summed E-state index contributed by atoms with van der Waals surface area (Å²) < 4.78 is 52.6. The molecule has 0 fully saturated rings. The van der Waals surface area contributed by atoms with Gasteiger partial charge in [-0.25, -0.2) is 0 Å². The predicted molar refractivity (Wildman–Crippen MR) is 48.4 cm³/mol. The zero-order valence-electron chi connectivity index (χ0n) is 7.84. The Morgan fingerprint density at radius 1 is 1.50 bits per heavy atom. The second kappa shape index (κ2) is 6.36. The molecule has 3 nitrogen and oxygen atoms in total. The Bertz CT molecular complexity index is 186. The topological polar surface area (TPSA) is 52.3 Å². The second-order valence-corrected chi connectivity index (χ2v) is 4.42. The molecule has 0 aliphatic rings. The van der Waals surface area contributed by atoms with Crippen LogP contribution < -0.4 is 5.73 Å². The lowest BCUT2D eigenvalue weighted by Gasteiger charge is -2.18. The molecular formula is C7H14F3NO2S. The molecule has 2 atom stereocenters. The third-order valence-electron chi connectivity index (χ3n) is 1.60. The predicted octanol–water partition coefficient (Wildman–Crippen LogP) is 0.661. The molecule has 0 aromatic heterocycles. The molecule has 0 saturated carbocycles. The number of halogens is 3. The monoisotopic (exact) mass is 233 g/mol. The van der Waals surface area contributed by atoms with Crippen LogP contribution in [0.4, 0.5) is 13.2 Å². The molecule has 2 N–H and O–H groups in total. The Morgan fingerprint density at radius 3 is 2.43 bits per heavy atom. The zero-order chi connectivity index (χ0) is 11.2. The van der Waals surface area contributed by atoms with Crippen molar-refractivity contribution in [3.05, 3.63) is 0 Å². The smallest absolute Gasteiger partial charge is 0.384 e. The number of nitrogens with two attached hydrogens (primary N) is 1. The van der Waals surface area contributed by atoms with Crippen LogP contribution in [-0.4, -0.2) is 41.6 Å². The average Bonchev–Trinajstić information content (AvgIpc) is 2.08. The summed E-state index contributed by atoms with van der Waals surface area (Å²) in [5.74, 6) is -0.110. The number of hydrogen-bond donors (Lipinski definition) is 1. The summed E-state index contributed by atoms with van der Waals surface area (Å²) in [6.45, 7) is -0.0628. The molecule has 0 aliphatic heterocycles. The highest BCUT2D eigenvalue weighted by Crippen LogP contribution is 2.26. The molecule has 0 rings (SSSR count). The molecule has 14 heavy (non-hydrogen) atoms. The Kier molecular flexibility index (Phi) is 6.30. The van der Waals surface area contributed by atoms with Gasteiger partial charge in [-0.15, -0.1) is 0 Å². The van der Waals surface area contributed by atoms with Crippen LogP contribution in [0.15, 0.2) is 0 Å². The largest absolute Gasteiger partial charge is 0.403 e. The van der Waals surface area contributed by atoms with Gasteiger partial charge < -0.3 is 10.5 Å². The minimum absolute atomic E-state index is 0.0593. The van der Waals surface area contributed by atoms with Gasteiger partial charge in [-0.3, -0.25) is 4.21 Å². The summed E-state index contributed by atoms with van der Waals surface area (Å²) >= 11 is 0. The lowest BCUT2D eigenvalue weighted by Crippen LogP contribution is -2.36. The third kappa shape index (κ3) is 4.92. The first-order chi connectivity index (χ1) is 6.43. The van der Waals surface area contributed by atoms with Crippen molar-refractivity contribution in [1.29, 1.82) is 0 Å². The zero-order valence-corrected chi connectivity index (χ0v) is 8.66. The molecule has 0 heterocycles. The van der Waals surface area contributed by atoms with Gasteiger partial charge in [0, 0.05) is 23.7 Å². The van der Waals surface area contributed by atoms with Crippen molar-refractivity contribution in [2.24, 2.45) is 5.73 Å². The SMILES string of the molecule is COCCS(=O)C(CCN)C(F)(F)F. The highest BCUT2D eigenvalue weighted by molar-refractivity contribution is 7.85. The van der Waals surface area contributed by atoms with Crippen LogP contribution in [0.25, 0.3) is 0 Å². The van der Waals surface area contributed by atoms with Gasteiger partial charge in [0.25, 0.3) is 0 Å². The van der Waals surface area contributed by atoms with Crippen molar-refractivity contribution in [3.8, 4) is 0 Å². The Balaban J connectivity index is 4.26. The number of hydrogen-bond acceptors (Lipinski definition) is 3. The van der Waals surface area contributed by atoms with E-state index in [2.05, 4.69) is 4.74 Å². The van der Waals surface area contributed by atoms with Crippen LogP contribution in [0.2, 0.25) is 0 Å². The summed E-state index contributed by atoms with van der Waals surface area (Å²) in [5, 5.41) is -1.83. The van der Waals surface area contributed by atoms with Gasteiger partial charge in [0.05, 0.1) is 6.61 Å². The Morgan fingerprint density at radius 2 is 2.07 bits per heavy atom. The first-order valence-electron chi connectivity index (χ1n) is 4.06. The summed E-state index contributed by atoms with van der Waals surface area (Å²) in [6, 6.07) is 0. The molecule has 0 aromatic carbocycles. The van der Waals surface area contributed by atoms with E-state index in [1.54, 1.807) is 0 Å². The van der Waals surface area contributed by atoms with E-state index in [0.717, 1.165) is 0 Å². The van der Waals surface area contributed by atoms with Gasteiger partial charge in [0.1, 0.15) is 5.25 Å². The summed E-state index contributed by atoms with van der Waals surface area (Å²) in [4.78, 5) is 0. The van der Waals surface area contributed by atoms with E-state index < -0.39 is 22.2 Å². The fraction of sp³-hybridized carbons (Fsp3) is 1.00. The van der Waals surface area contributed by atoms with Crippen LogP contribution >= 0.6 is 0 Å². The fourth-order valence-corrected chi connectivity index (χ4v) is 2.22. The second-order valence-electron chi connectivity index (χ2n) is 2.69. The van der Waals surface area contributed by atoms with E-state index in [1.807, 2.05) is 0 Å². The summed E-state index contributed by atoms with van der Waals surface area (Å²) in [7, 11) is -0.607. The van der Waals surface area contributed by atoms with Crippen LogP contribution in [0, 0.1) is 0 Å². The molecule has 0 radical (unpaired) electrons. The van der Waals surface area contributed by atoms with Crippen molar-refractivity contribution < 1.29 is 22.1 Å². The maximum atomic E-state index is 12.3. The first-order valence-corrected chi connectivity index (χ1v) is 5.44. The molecular weight excluding hydrogens is 219 g/mol. The van der Waals surface area contributed by atoms with Crippen LogP contribution in [0.1, 0.15) is 6.42 Å². The van der Waals surface area contributed by atoms with Crippen molar-refractivity contribution in [2.45, 2.75) is 17.8 Å². The minimum Gasteiger partial charge on any atom is -0.384 e. The molecule has 86 valence electrons. The first kappa shape index (κ1) is 13.9. The quantitative estimate of drug-likeness (QED) is 0.733. The van der Waals surface area contributed by atoms with Crippen LogP contribution in [-0.2, 0) is 15.5 Å². The molecule has 0 amide bonds. The van der Waals surface area contributed by atoms with Crippen LogP contribution in [0.5, 0.6) is 0 Å². The lowest BCUT2D eigenvalue weighted by molar-refractivity contribution is -0.130. The summed E-state index contributed by atoms with van der Waals surface area (Å²) in [5.41, 5.74) is 5.03. The molecule has 0 aliphatic carbocycles. The molecule has 0 spiro atoms. The molecule has 2 unspecified atom stereocenters. The fourth-order valence-electron chi connectivity index (χ4n) is 0.903. The van der Waals surface area contributed by atoms with E-state index >= 15 is 0 Å². The van der Waals surface area contributed by atoms with E-state index in [1.165, 1.54) is 7.11 Å². The molecule has 0 aromatic rings. The number of ether oxygens (including phenoxy) is 1. The van der Waals surface area contributed by atoms with E-state index in [9.17, 15) is 17.4 Å². The van der Waals surface area contributed by atoms with E-state index in [0.29, 0.717) is 0 Å². The highest BCUT2D eigenvalue weighted by Gasteiger charge is 2.42. The van der Waals surface area contributed by atoms with Crippen molar-refractivity contribution >= 4 is 10.8 Å². The van der Waals surface area contributed by atoms with Gasteiger partial charge in [-0.05, 0) is 13.0 Å². The van der Waals surface area contributed by atoms with Crippen molar-refractivity contribution in [3.63, 3.8) is 0 Å². The Hall–Kier alpha value is -0.140. The van der Waals surface area contributed by atoms with Gasteiger partial charge in [-0.1, -0.05) is 0 Å². The number of alkyl halides is 3. The average molecular weight is 233 g/mol.